The minimum atomic E-state index is -0.595. The first kappa shape index (κ1) is 13.1. The van der Waals surface area contributed by atoms with Crippen molar-refractivity contribution in [1.29, 1.82) is 5.41 Å². The van der Waals surface area contributed by atoms with Gasteiger partial charge in [0.1, 0.15) is 0 Å². The number of aliphatic hydroxyl groups is 1. The summed E-state index contributed by atoms with van der Waals surface area (Å²) in [5, 5.41) is 18.4. The lowest BCUT2D eigenvalue weighted by Crippen LogP contribution is -2.18. The number of benzene rings is 2. The van der Waals surface area contributed by atoms with Crippen LogP contribution in [0.15, 0.2) is 48.5 Å². The Morgan fingerprint density at radius 3 is 2.60 bits per heavy atom. The van der Waals surface area contributed by atoms with Crippen LogP contribution in [0.3, 0.4) is 0 Å². The molecular formula is C16H16N2OS. The second-order valence-corrected chi connectivity index (χ2v) is 5.94. The lowest BCUT2D eigenvalue weighted by atomic mass is 10.1. The van der Waals surface area contributed by atoms with E-state index in [2.05, 4.69) is 0 Å². The molecule has 2 aromatic carbocycles. The van der Waals surface area contributed by atoms with Gasteiger partial charge in [0.25, 0.3) is 0 Å². The van der Waals surface area contributed by atoms with Crippen molar-refractivity contribution >= 4 is 21.6 Å². The summed E-state index contributed by atoms with van der Waals surface area (Å²) < 4.78 is 2.94. The highest BCUT2D eigenvalue weighted by molar-refractivity contribution is 7.16. The van der Waals surface area contributed by atoms with E-state index in [4.69, 9.17) is 5.41 Å². The lowest BCUT2D eigenvalue weighted by Gasteiger charge is -2.13. The van der Waals surface area contributed by atoms with Gasteiger partial charge in [-0.1, -0.05) is 53.3 Å². The van der Waals surface area contributed by atoms with E-state index in [0.717, 1.165) is 15.8 Å². The SMILES string of the molecule is Cc1ccc(C(O)Cn2c(=N)sc3ccccc32)cc1. The van der Waals surface area contributed by atoms with Crippen LogP contribution in [-0.2, 0) is 6.54 Å². The fraction of sp³-hybridized carbons (Fsp3) is 0.188. The number of nitrogens with one attached hydrogen (secondary N) is 1. The van der Waals surface area contributed by atoms with Crippen LogP contribution in [-0.4, -0.2) is 9.67 Å². The van der Waals surface area contributed by atoms with Gasteiger partial charge in [0.05, 0.1) is 22.9 Å². The summed E-state index contributed by atoms with van der Waals surface area (Å²) in [6, 6.07) is 15.8. The predicted molar refractivity (Wildman–Crippen MR) is 81.8 cm³/mol. The van der Waals surface area contributed by atoms with Crippen LogP contribution < -0.4 is 4.80 Å². The fourth-order valence-electron chi connectivity index (χ4n) is 2.28. The Hall–Kier alpha value is -1.91. The van der Waals surface area contributed by atoms with Crippen molar-refractivity contribution in [3.8, 4) is 0 Å². The zero-order chi connectivity index (χ0) is 14.1. The maximum Gasteiger partial charge on any atom is 0.183 e. The van der Waals surface area contributed by atoms with E-state index in [1.54, 1.807) is 0 Å². The molecule has 0 spiro atoms. The third-order valence-electron chi connectivity index (χ3n) is 3.43. The third kappa shape index (κ3) is 2.40. The van der Waals surface area contributed by atoms with Crippen molar-refractivity contribution < 1.29 is 5.11 Å². The molecule has 0 amide bonds. The molecule has 0 bridgehead atoms. The number of para-hydroxylation sites is 1. The zero-order valence-electron chi connectivity index (χ0n) is 11.2. The topological polar surface area (TPSA) is 49.0 Å². The zero-order valence-corrected chi connectivity index (χ0v) is 12.0. The first-order valence-electron chi connectivity index (χ1n) is 6.53. The van der Waals surface area contributed by atoms with Crippen LogP contribution in [0, 0.1) is 12.3 Å². The summed E-state index contributed by atoms with van der Waals surface area (Å²) in [4.78, 5) is 0.470. The minimum Gasteiger partial charge on any atom is -0.387 e. The largest absolute Gasteiger partial charge is 0.387 e. The van der Waals surface area contributed by atoms with Gasteiger partial charge in [-0.3, -0.25) is 5.41 Å². The van der Waals surface area contributed by atoms with E-state index in [9.17, 15) is 5.11 Å². The lowest BCUT2D eigenvalue weighted by molar-refractivity contribution is 0.157. The maximum atomic E-state index is 10.4. The molecular weight excluding hydrogens is 268 g/mol. The van der Waals surface area contributed by atoms with E-state index in [-0.39, 0.29) is 0 Å². The standard InChI is InChI=1S/C16H16N2OS/c1-11-6-8-12(9-7-11)14(19)10-18-13-4-2-3-5-15(13)20-16(18)17/h2-9,14,17,19H,10H2,1H3. The second kappa shape index (κ2) is 5.23. The molecule has 0 fully saturated rings. The minimum absolute atomic E-state index is 0.409. The second-order valence-electron chi connectivity index (χ2n) is 4.91. The Bertz CT molecular complexity index is 786. The van der Waals surface area contributed by atoms with Gasteiger partial charge in [-0.05, 0) is 24.6 Å². The molecule has 20 heavy (non-hydrogen) atoms. The molecule has 0 saturated heterocycles. The molecule has 1 atom stereocenters. The van der Waals surface area contributed by atoms with Gasteiger partial charge in [0, 0.05) is 0 Å². The summed E-state index contributed by atoms with van der Waals surface area (Å²) in [5.74, 6) is 0. The molecule has 0 aliphatic heterocycles. The van der Waals surface area contributed by atoms with Gasteiger partial charge < -0.3 is 9.67 Å². The van der Waals surface area contributed by atoms with E-state index in [0.29, 0.717) is 11.3 Å². The van der Waals surface area contributed by atoms with E-state index in [1.807, 2.05) is 60.0 Å². The Morgan fingerprint density at radius 2 is 1.85 bits per heavy atom. The molecule has 1 aromatic heterocycles. The third-order valence-corrected chi connectivity index (χ3v) is 4.40. The van der Waals surface area contributed by atoms with Gasteiger partial charge in [-0.2, -0.15) is 0 Å². The normalized spacial score (nSPS) is 12.7. The molecule has 0 radical (unpaired) electrons. The van der Waals surface area contributed by atoms with Crippen LogP contribution in [0.4, 0.5) is 0 Å². The highest BCUT2D eigenvalue weighted by atomic mass is 32.1. The first-order valence-corrected chi connectivity index (χ1v) is 7.34. The van der Waals surface area contributed by atoms with E-state index < -0.39 is 6.10 Å². The number of aliphatic hydroxyl groups excluding tert-OH is 1. The number of aryl methyl sites for hydroxylation is 1. The van der Waals surface area contributed by atoms with Crippen molar-refractivity contribution in [2.45, 2.75) is 19.6 Å². The number of thiazole rings is 1. The van der Waals surface area contributed by atoms with E-state index >= 15 is 0 Å². The fourth-order valence-corrected chi connectivity index (χ4v) is 3.20. The van der Waals surface area contributed by atoms with Crippen LogP contribution in [0.25, 0.3) is 10.2 Å². The smallest absolute Gasteiger partial charge is 0.183 e. The number of hydrogen-bond donors (Lipinski definition) is 2. The quantitative estimate of drug-likeness (QED) is 0.762. The number of hydrogen-bond acceptors (Lipinski definition) is 3. The Balaban J connectivity index is 1.95. The summed E-state index contributed by atoms with van der Waals surface area (Å²) >= 11 is 1.44. The molecule has 1 unspecified atom stereocenters. The highest BCUT2D eigenvalue weighted by Gasteiger charge is 2.11. The van der Waals surface area contributed by atoms with Gasteiger partial charge in [0.2, 0.25) is 0 Å². The van der Waals surface area contributed by atoms with Gasteiger partial charge in [-0.25, -0.2) is 0 Å². The molecule has 3 aromatic rings. The molecule has 0 aliphatic carbocycles. The van der Waals surface area contributed by atoms with Crippen LogP contribution in [0.2, 0.25) is 0 Å². The summed E-state index contributed by atoms with van der Waals surface area (Å²) in [7, 11) is 0. The van der Waals surface area contributed by atoms with Crippen LogP contribution >= 0.6 is 11.3 Å². The Kier molecular flexibility index (Phi) is 3.42. The maximum absolute atomic E-state index is 10.4. The van der Waals surface area contributed by atoms with Crippen molar-refractivity contribution in [2.75, 3.05) is 0 Å². The predicted octanol–water partition coefficient (Wildman–Crippen LogP) is 3.22. The molecule has 1 heterocycles. The van der Waals surface area contributed by atoms with Crippen molar-refractivity contribution in [2.24, 2.45) is 0 Å². The molecule has 2 N–H and O–H groups in total. The van der Waals surface area contributed by atoms with E-state index in [1.165, 1.54) is 16.9 Å². The molecule has 0 saturated carbocycles. The average molecular weight is 284 g/mol. The molecule has 4 heteroatoms. The number of aromatic nitrogens is 1. The summed E-state index contributed by atoms with van der Waals surface area (Å²) in [6.45, 7) is 2.44. The Labute approximate surface area is 121 Å². The van der Waals surface area contributed by atoms with Crippen molar-refractivity contribution in [3.05, 3.63) is 64.5 Å². The highest BCUT2D eigenvalue weighted by Crippen LogP contribution is 2.20. The summed E-state index contributed by atoms with van der Waals surface area (Å²) in [5.41, 5.74) is 3.07. The van der Waals surface area contributed by atoms with Crippen molar-refractivity contribution in [1.82, 2.24) is 4.57 Å². The average Bonchev–Trinajstić information content (AvgIpc) is 2.76. The first-order chi connectivity index (χ1) is 9.65. The van der Waals surface area contributed by atoms with Crippen LogP contribution in [0.1, 0.15) is 17.2 Å². The molecule has 102 valence electrons. The Morgan fingerprint density at radius 1 is 1.15 bits per heavy atom. The molecule has 3 rings (SSSR count). The van der Waals surface area contributed by atoms with Gasteiger partial charge >= 0.3 is 0 Å². The molecule has 3 nitrogen and oxygen atoms in total. The monoisotopic (exact) mass is 284 g/mol. The number of fused-ring (bicyclic) bond motifs is 1. The van der Waals surface area contributed by atoms with Gasteiger partial charge in [-0.15, -0.1) is 0 Å². The van der Waals surface area contributed by atoms with Crippen molar-refractivity contribution in [3.63, 3.8) is 0 Å². The van der Waals surface area contributed by atoms with Crippen LogP contribution in [0.5, 0.6) is 0 Å². The number of nitrogens with zero attached hydrogens (tertiary/aromatic N) is 1. The number of rotatable bonds is 3. The molecule has 0 aliphatic rings. The van der Waals surface area contributed by atoms with Gasteiger partial charge in [0.15, 0.2) is 4.80 Å². The summed E-state index contributed by atoms with van der Waals surface area (Å²) in [6.07, 6.45) is -0.595.